The zero-order chi connectivity index (χ0) is 8.69. The van der Waals surface area contributed by atoms with Crippen LogP contribution < -0.4 is 0 Å². The average Bonchev–Trinajstić information content (AvgIpc) is 1.98. The molecule has 0 aromatic rings. The van der Waals surface area contributed by atoms with E-state index in [1.165, 1.54) is 6.04 Å². The predicted octanol–water partition coefficient (Wildman–Crippen LogP) is -0.289. The standard InChI is InChI=1S/C7H19NO2Si/c1-8(2)5-6-11-7(9-3)10-4/h7H,5-6,11H2,1-4H3. The number of hydrogen-bond acceptors (Lipinski definition) is 3. The van der Waals surface area contributed by atoms with E-state index in [4.69, 9.17) is 9.47 Å². The highest BCUT2D eigenvalue weighted by molar-refractivity contribution is 6.36. The third-order valence-corrected chi connectivity index (χ3v) is 3.43. The maximum Gasteiger partial charge on any atom is 0.134 e. The van der Waals surface area contributed by atoms with E-state index in [1.807, 2.05) is 0 Å². The summed E-state index contributed by atoms with van der Waals surface area (Å²) in [6, 6.07) is 1.25. The van der Waals surface area contributed by atoms with Crippen molar-refractivity contribution in [2.45, 2.75) is 12.0 Å². The summed E-state index contributed by atoms with van der Waals surface area (Å²) in [5.74, 6) is 0.106. The zero-order valence-electron chi connectivity index (χ0n) is 7.96. The lowest BCUT2D eigenvalue weighted by atomic mass is 10.7. The van der Waals surface area contributed by atoms with Crippen LogP contribution in [-0.4, -0.2) is 55.2 Å². The van der Waals surface area contributed by atoms with Gasteiger partial charge >= 0.3 is 0 Å². The Bertz CT molecular complexity index is 86.5. The van der Waals surface area contributed by atoms with Crippen LogP contribution in [0.3, 0.4) is 0 Å². The first-order valence-electron chi connectivity index (χ1n) is 3.91. The molecule has 4 heteroatoms. The molecular weight excluding hydrogens is 158 g/mol. The highest BCUT2D eigenvalue weighted by atomic mass is 28.2. The molecule has 0 amide bonds. The molecule has 0 atom stereocenters. The SMILES string of the molecule is COC(OC)[SiH2]CCN(C)C. The number of methoxy groups -OCH3 is 2. The topological polar surface area (TPSA) is 21.7 Å². The second-order valence-corrected chi connectivity index (χ2v) is 4.80. The molecule has 0 saturated carbocycles. The van der Waals surface area contributed by atoms with E-state index in [-0.39, 0.29) is 15.4 Å². The fraction of sp³-hybridized carbons (Fsp3) is 1.00. The first kappa shape index (κ1) is 11.1. The van der Waals surface area contributed by atoms with Crippen molar-refractivity contribution >= 4 is 9.52 Å². The Balaban J connectivity index is 3.21. The van der Waals surface area contributed by atoms with Gasteiger partial charge in [0.05, 0.1) is 9.52 Å². The van der Waals surface area contributed by atoms with Gasteiger partial charge in [-0.15, -0.1) is 0 Å². The Morgan fingerprint density at radius 1 is 1.27 bits per heavy atom. The molecule has 3 nitrogen and oxygen atoms in total. The molecule has 0 aromatic heterocycles. The quantitative estimate of drug-likeness (QED) is 0.411. The number of nitrogens with zero attached hydrogens (tertiary/aromatic N) is 1. The van der Waals surface area contributed by atoms with Crippen molar-refractivity contribution in [1.82, 2.24) is 4.90 Å². The Morgan fingerprint density at radius 2 is 1.82 bits per heavy atom. The summed E-state index contributed by atoms with van der Waals surface area (Å²) in [5.41, 5.74) is 0. The minimum Gasteiger partial charge on any atom is -0.360 e. The van der Waals surface area contributed by atoms with Crippen molar-refractivity contribution in [3.8, 4) is 0 Å². The van der Waals surface area contributed by atoms with Gasteiger partial charge in [-0.2, -0.15) is 0 Å². The molecule has 11 heavy (non-hydrogen) atoms. The molecule has 0 rings (SSSR count). The van der Waals surface area contributed by atoms with Gasteiger partial charge in [0.1, 0.15) is 5.91 Å². The van der Waals surface area contributed by atoms with E-state index in [0.717, 1.165) is 6.54 Å². The summed E-state index contributed by atoms with van der Waals surface area (Å²) >= 11 is 0. The molecule has 0 aliphatic heterocycles. The van der Waals surface area contributed by atoms with Crippen LogP contribution >= 0.6 is 0 Å². The predicted molar refractivity (Wildman–Crippen MR) is 49.7 cm³/mol. The van der Waals surface area contributed by atoms with Gasteiger partial charge in [-0.25, -0.2) is 0 Å². The largest absolute Gasteiger partial charge is 0.360 e. The monoisotopic (exact) mass is 177 g/mol. The molecule has 0 aromatic carbocycles. The van der Waals surface area contributed by atoms with E-state index < -0.39 is 0 Å². The van der Waals surface area contributed by atoms with Gasteiger partial charge in [-0.3, -0.25) is 0 Å². The van der Waals surface area contributed by atoms with Crippen LogP contribution in [0.1, 0.15) is 0 Å². The summed E-state index contributed by atoms with van der Waals surface area (Å²) in [4.78, 5) is 2.19. The third-order valence-electron chi connectivity index (χ3n) is 1.57. The van der Waals surface area contributed by atoms with Crippen LogP contribution in [-0.2, 0) is 9.47 Å². The van der Waals surface area contributed by atoms with E-state index in [0.29, 0.717) is 0 Å². The summed E-state index contributed by atoms with van der Waals surface area (Å²) < 4.78 is 10.2. The van der Waals surface area contributed by atoms with Crippen LogP contribution in [0.4, 0.5) is 0 Å². The van der Waals surface area contributed by atoms with Crippen molar-refractivity contribution in [2.75, 3.05) is 34.9 Å². The lowest BCUT2D eigenvalue weighted by Gasteiger charge is -2.14. The Hall–Kier alpha value is 0.0969. The van der Waals surface area contributed by atoms with Crippen molar-refractivity contribution in [2.24, 2.45) is 0 Å². The molecular formula is C7H19NO2Si. The molecule has 0 aliphatic carbocycles. The molecule has 0 spiro atoms. The first-order valence-corrected chi connectivity index (χ1v) is 5.72. The zero-order valence-corrected chi connectivity index (χ0v) is 9.38. The Morgan fingerprint density at radius 3 is 2.18 bits per heavy atom. The van der Waals surface area contributed by atoms with Crippen LogP contribution in [0, 0.1) is 0 Å². The smallest absolute Gasteiger partial charge is 0.134 e. The molecule has 0 heterocycles. The average molecular weight is 177 g/mol. The molecule has 0 saturated heterocycles. The van der Waals surface area contributed by atoms with Gasteiger partial charge in [0.2, 0.25) is 0 Å². The summed E-state index contributed by atoms with van der Waals surface area (Å²) in [6.07, 6.45) is 0. The number of ether oxygens (including phenoxy) is 2. The second-order valence-electron chi connectivity index (χ2n) is 2.85. The maximum absolute atomic E-state index is 5.10. The van der Waals surface area contributed by atoms with Gasteiger partial charge in [-0.05, 0) is 26.7 Å². The molecule has 0 unspecified atom stereocenters. The first-order chi connectivity index (χ1) is 5.20. The number of hydrogen-bond donors (Lipinski definition) is 0. The lowest BCUT2D eigenvalue weighted by molar-refractivity contribution is -0.0441. The molecule has 0 fully saturated rings. The minimum atomic E-state index is -0.204. The van der Waals surface area contributed by atoms with Crippen molar-refractivity contribution in [3.63, 3.8) is 0 Å². The van der Waals surface area contributed by atoms with E-state index >= 15 is 0 Å². The van der Waals surface area contributed by atoms with E-state index in [1.54, 1.807) is 14.2 Å². The van der Waals surface area contributed by atoms with Crippen LogP contribution in [0.5, 0.6) is 0 Å². The van der Waals surface area contributed by atoms with Crippen molar-refractivity contribution in [1.29, 1.82) is 0 Å². The van der Waals surface area contributed by atoms with Gasteiger partial charge < -0.3 is 14.4 Å². The summed E-state index contributed by atoms with van der Waals surface area (Å²) in [6.45, 7) is 1.15. The van der Waals surface area contributed by atoms with Crippen LogP contribution in [0.2, 0.25) is 6.04 Å². The molecule has 0 aliphatic rings. The highest BCUT2D eigenvalue weighted by Gasteiger charge is 2.04. The number of rotatable bonds is 6. The maximum atomic E-state index is 5.10. The lowest BCUT2D eigenvalue weighted by Crippen LogP contribution is -2.24. The molecule has 0 bridgehead atoms. The fourth-order valence-electron chi connectivity index (χ4n) is 0.906. The molecule has 68 valence electrons. The van der Waals surface area contributed by atoms with Gasteiger partial charge in [0.15, 0.2) is 0 Å². The Labute approximate surface area is 71.5 Å². The second kappa shape index (κ2) is 6.79. The summed E-state index contributed by atoms with van der Waals surface area (Å²) in [5, 5.41) is 0. The fourth-order valence-corrected chi connectivity index (χ4v) is 2.53. The van der Waals surface area contributed by atoms with Crippen LogP contribution in [0.15, 0.2) is 0 Å². The summed E-state index contributed by atoms with van der Waals surface area (Å²) in [7, 11) is 7.38. The normalized spacial score (nSPS) is 12.5. The highest BCUT2D eigenvalue weighted by Crippen LogP contribution is 1.92. The third kappa shape index (κ3) is 6.49. The molecule has 0 radical (unpaired) electrons. The molecule has 0 N–H and O–H groups in total. The van der Waals surface area contributed by atoms with E-state index in [2.05, 4.69) is 19.0 Å². The van der Waals surface area contributed by atoms with E-state index in [9.17, 15) is 0 Å². The van der Waals surface area contributed by atoms with Crippen molar-refractivity contribution in [3.05, 3.63) is 0 Å². The van der Waals surface area contributed by atoms with Gasteiger partial charge in [0, 0.05) is 14.2 Å². The van der Waals surface area contributed by atoms with Gasteiger partial charge in [0.25, 0.3) is 0 Å². The van der Waals surface area contributed by atoms with Crippen molar-refractivity contribution < 1.29 is 9.47 Å². The van der Waals surface area contributed by atoms with Crippen LogP contribution in [0.25, 0.3) is 0 Å². The minimum absolute atomic E-state index is 0.106. The Kier molecular flexibility index (Phi) is 6.85. The van der Waals surface area contributed by atoms with Gasteiger partial charge in [-0.1, -0.05) is 0 Å².